The molecule has 0 saturated heterocycles. The zero-order chi connectivity index (χ0) is 18.1. The topological polar surface area (TPSA) is 75.6 Å². The van der Waals surface area contributed by atoms with E-state index in [-0.39, 0.29) is 6.42 Å². The van der Waals surface area contributed by atoms with Crippen molar-refractivity contribution in [2.75, 3.05) is 7.11 Å². The first-order chi connectivity index (χ1) is 12.1. The molecule has 5 nitrogen and oxygen atoms in total. The summed E-state index contributed by atoms with van der Waals surface area (Å²) in [5, 5.41) is 12.7. The monoisotopic (exact) mass is 339 g/mol. The standard InChI is InChI=1S/C20H21NO4/c1-25-20(24)17(14-8-11-15-9-4-2-5-10-15)21-19(23)18(22)16-12-6-3-7-13-16/h2-13,17-18,22H,14H2,1H3,(H,21,23)/b11-8+/t17-,18+/m1/s1. The van der Waals surface area contributed by atoms with Gasteiger partial charge in [-0.1, -0.05) is 72.8 Å². The third-order valence-electron chi connectivity index (χ3n) is 3.65. The average molecular weight is 339 g/mol. The van der Waals surface area contributed by atoms with E-state index >= 15 is 0 Å². The molecule has 0 aliphatic heterocycles. The van der Waals surface area contributed by atoms with Gasteiger partial charge in [0, 0.05) is 0 Å². The summed E-state index contributed by atoms with van der Waals surface area (Å²) in [4.78, 5) is 24.1. The van der Waals surface area contributed by atoms with E-state index < -0.39 is 24.0 Å². The van der Waals surface area contributed by atoms with Gasteiger partial charge in [0.1, 0.15) is 6.04 Å². The molecule has 130 valence electrons. The van der Waals surface area contributed by atoms with Crippen molar-refractivity contribution in [2.24, 2.45) is 0 Å². The number of benzene rings is 2. The van der Waals surface area contributed by atoms with Crippen molar-refractivity contribution in [3.63, 3.8) is 0 Å². The van der Waals surface area contributed by atoms with E-state index in [0.717, 1.165) is 5.56 Å². The van der Waals surface area contributed by atoms with Crippen LogP contribution in [0.2, 0.25) is 0 Å². The lowest BCUT2D eigenvalue weighted by Gasteiger charge is -2.17. The number of rotatable bonds is 7. The van der Waals surface area contributed by atoms with Crippen LogP contribution >= 0.6 is 0 Å². The van der Waals surface area contributed by atoms with Gasteiger partial charge in [0.25, 0.3) is 5.91 Å². The quantitative estimate of drug-likeness (QED) is 0.760. The molecule has 0 bridgehead atoms. The highest BCUT2D eigenvalue weighted by molar-refractivity contribution is 5.87. The molecular formula is C20H21NO4. The predicted octanol–water partition coefficient (Wildman–Crippen LogP) is 2.48. The van der Waals surface area contributed by atoms with E-state index in [9.17, 15) is 14.7 Å². The van der Waals surface area contributed by atoms with Gasteiger partial charge >= 0.3 is 5.97 Å². The molecule has 0 unspecified atom stereocenters. The first-order valence-corrected chi connectivity index (χ1v) is 7.94. The van der Waals surface area contributed by atoms with Crippen LogP contribution in [-0.2, 0) is 14.3 Å². The molecule has 2 aromatic carbocycles. The van der Waals surface area contributed by atoms with Crippen molar-refractivity contribution in [1.82, 2.24) is 5.32 Å². The number of carbonyl (C=O) groups is 2. The van der Waals surface area contributed by atoms with Crippen LogP contribution in [-0.4, -0.2) is 30.1 Å². The van der Waals surface area contributed by atoms with Crippen LogP contribution in [0.1, 0.15) is 23.7 Å². The van der Waals surface area contributed by atoms with Crippen molar-refractivity contribution < 1.29 is 19.4 Å². The Balaban J connectivity index is 2.01. The van der Waals surface area contributed by atoms with Crippen molar-refractivity contribution in [1.29, 1.82) is 0 Å². The van der Waals surface area contributed by atoms with Crippen LogP contribution < -0.4 is 5.32 Å². The molecule has 2 rings (SSSR count). The Bertz CT molecular complexity index is 713. The molecule has 25 heavy (non-hydrogen) atoms. The van der Waals surface area contributed by atoms with Gasteiger partial charge in [0.05, 0.1) is 7.11 Å². The molecular weight excluding hydrogens is 318 g/mol. The summed E-state index contributed by atoms with van der Waals surface area (Å²) < 4.78 is 4.73. The third kappa shape index (κ3) is 5.58. The lowest BCUT2D eigenvalue weighted by atomic mass is 10.1. The minimum absolute atomic E-state index is 0.259. The van der Waals surface area contributed by atoms with Crippen molar-refractivity contribution in [2.45, 2.75) is 18.6 Å². The minimum Gasteiger partial charge on any atom is -0.467 e. The summed E-state index contributed by atoms with van der Waals surface area (Å²) in [5.74, 6) is -1.21. The summed E-state index contributed by atoms with van der Waals surface area (Å²) in [6, 6.07) is 17.3. The highest BCUT2D eigenvalue weighted by Gasteiger charge is 2.24. The Hall–Kier alpha value is -2.92. The van der Waals surface area contributed by atoms with Gasteiger partial charge in [-0.25, -0.2) is 4.79 Å². The Morgan fingerprint density at radius 3 is 2.28 bits per heavy atom. The van der Waals surface area contributed by atoms with E-state index in [4.69, 9.17) is 4.74 Å². The average Bonchev–Trinajstić information content (AvgIpc) is 2.67. The normalized spacial score (nSPS) is 13.2. The Labute approximate surface area is 146 Å². The molecule has 0 aliphatic rings. The molecule has 2 atom stereocenters. The molecule has 0 heterocycles. The largest absolute Gasteiger partial charge is 0.467 e. The van der Waals surface area contributed by atoms with E-state index in [1.54, 1.807) is 36.4 Å². The Morgan fingerprint density at radius 2 is 1.68 bits per heavy atom. The van der Waals surface area contributed by atoms with Crippen LogP contribution in [0.15, 0.2) is 66.7 Å². The summed E-state index contributed by atoms with van der Waals surface area (Å²) in [6.07, 6.45) is 2.56. The third-order valence-corrected chi connectivity index (χ3v) is 3.65. The van der Waals surface area contributed by atoms with Gasteiger partial charge in [0.2, 0.25) is 0 Å². The second kappa shape index (κ2) is 9.39. The predicted molar refractivity (Wildman–Crippen MR) is 95.4 cm³/mol. The maximum atomic E-state index is 12.2. The van der Waals surface area contributed by atoms with Crippen LogP contribution in [0.5, 0.6) is 0 Å². The fourth-order valence-corrected chi connectivity index (χ4v) is 2.30. The molecule has 0 radical (unpaired) electrons. The molecule has 0 saturated carbocycles. The maximum absolute atomic E-state index is 12.2. The van der Waals surface area contributed by atoms with Crippen LogP contribution in [0, 0.1) is 0 Å². The molecule has 0 spiro atoms. The molecule has 2 aromatic rings. The second-order valence-corrected chi connectivity index (χ2v) is 5.45. The maximum Gasteiger partial charge on any atom is 0.328 e. The molecule has 2 N–H and O–H groups in total. The number of carbonyl (C=O) groups excluding carboxylic acids is 2. The van der Waals surface area contributed by atoms with Crippen LogP contribution in [0.25, 0.3) is 6.08 Å². The van der Waals surface area contributed by atoms with E-state index in [2.05, 4.69) is 5.32 Å². The molecule has 5 heteroatoms. The summed E-state index contributed by atoms with van der Waals surface area (Å²) >= 11 is 0. The summed E-state index contributed by atoms with van der Waals surface area (Å²) in [5.41, 5.74) is 1.45. The summed E-state index contributed by atoms with van der Waals surface area (Å²) in [6.45, 7) is 0. The fraction of sp³-hybridized carbons (Fsp3) is 0.200. The Kier molecular flexibility index (Phi) is 6.92. The number of hydrogen-bond donors (Lipinski definition) is 2. The lowest BCUT2D eigenvalue weighted by Crippen LogP contribution is -2.43. The molecule has 0 aromatic heterocycles. The lowest BCUT2D eigenvalue weighted by molar-refractivity contribution is -0.146. The number of aliphatic hydroxyl groups excluding tert-OH is 1. The van der Waals surface area contributed by atoms with Gasteiger partial charge in [-0.3, -0.25) is 4.79 Å². The first-order valence-electron chi connectivity index (χ1n) is 7.94. The Morgan fingerprint density at radius 1 is 1.08 bits per heavy atom. The van der Waals surface area contributed by atoms with E-state index in [1.165, 1.54) is 7.11 Å². The number of esters is 1. The zero-order valence-corrected chi connectivity index (χ0v) is 14.0. The number of hydrogen-bond acceptors (Lipinski definition) is 4. The van der Waals surface area contributed by atoms with Gasteiger partial charge in [-0.15, -0.1) is 0 Å². The number of methoxy groups -OCH3 is 1. The van der Waals surface area contributed by atoms with Gasteiger partial charge in [-0.05, 0) is 17.5 Å². The van der Waals surface area contributed by atoms with E-state index in [0.29, 0.717) is 5.56 Å². The fourth-order valence-electron chi connectivity index (χ4n) is 2.30. The second-order valence-electron chi connectivity index (χ2n) is 5.45. The van der Waals surface area contributed by atoms with Gasteiger partial charge in [-0.2, -0.15) is 0 Å². The molecule has 0 aliphatic carbocycles. The van der Waals surface area contributed by atoms with Gasteiger partial charge < -0.3 is 15.2 Å². The van der Waals surface area contributed by atoms with Crippen molar-refractivity contribution >= 4 is 18.0 Å². The number of amides is 1. The SMILES string of the molecule is COC(=O)[C@@H](C/C=C/c1ccccc1)NC(=O)[C@@H](O)c1ccccc1. The van der Waals surface area contributed by atoms with Gasteiger partial charge in [0.15, 0.2) is 6.10 Å². The first kappa shape index (κ1) is 18.4. The van der Waals surface area contributed by atoms with Crippen LogP contribution in [0.4, 0.5) is 0 Å². The molecule has 1 amide bonds. The van der Waals surface area contributed by atoms with Crippen molar-refractivity contribution in [3.8, 4) is 0 Å². The summed E-state index contributed by atoms with van der Waals surface area (Å²) in [7, 11) is 1.26. The van der Waals surface area contributed by atoms with Crippen molar-refractivity contribution in [3.05, 3.63) is 77.9 Å². The smallest absolute Gasteiger partial charge is 0.328 e. The number of ether oxygens (including phenoxy) is 1. The zero-order valence-electron chi connectivity index (χ0n) is 14.0. The minimum atomic E-state index is -1.34. The van der Waals surface area contributed by atoms with E-state index in [1.807, 2.05) is 36.4 Å². The highest BCUT2D eigenvalue weighted by atomic mass is 16.5. The number of nitrogens with one attached hydrogen (secondary N) is 1. The highest BCUT2D eigenvalue weighted by Crippen LogP contribution is 2.13. The number of aliphatic hydroxyl groups is 1. The molecule has 0 fully saturated rings. The van der Waals surface area contributed by atoms with Crippen LogP contribution in [0.3, 0.4) is 0 Å².